The smallest absolute Gasteiger partial charge is 0.274 e. The van der Waals surface area contributed by atoms with Gasteiger partial charge in [-0.15, -0.1) is 0 Å². The Labute approximate surface area is 171 Å². The molecule has 1 N–H and O–H groups in total. The van der Waals surface area contributed by atoms with Crippen LogP contribution < -0.4 is 5.32 Å². The van der Waals surface area contributed by atoms with Crippen LogP contribution in [0.3, 0.4) is 0 Å². The third kappa shape index (κ3) is 4.23. The molecule has 2 aromatic carbocycles. The summed E-state index contributed by atoms with van der Waals surface area (Å²) in [4.78, 5) is 28.9. The number of nitrogens with zero attached hydrogens (tertiary/aromatic N) is 5. The van der Waals surface area contributed by atoms with E-state index in [1.165, 1.54) is 0 Å². The molecule has 0 aliphatic carbocycles. The molecule has 1 aromatic heterocycles. The fourth-order valence-corrected chi connectivity index (χ4v) is 2.89. The van der Waals surface area contributed by atoms with Gasteiger partial charge in [0.15, 0.2) is 0 Å². The lowest BCUT2D eigenvalue weighted by Gasteiger charge is -2.21. The summed E-state index contributed by atoms with van der Waals surface area (Å²) < 4.78 is 5.31. The Kier molecular flexibility index (Phi) is 5.30. The van der Waals surface area contributed by atoms with Crippen molar-refractivity contribution in [2.45, 2.75) is 12.8 Å². The minimum absolute atomic E-state index is 0.187. The summed E-state index contributed by atoms with van der Waals surface area (Å²) in [5, 5.41) is 20.8. The Hall–Kier alpha value is -4.32. The van der Waals surface area contributed by atoms with E-state index in [1.54, 1.807) is 24.3 Å². The molecule has 1 aliphatic rings. The third-order valence-electron chi connectivity index (χ3n) is 4.40. The average molecular weight is 400 g/mol. The highest BCUT2D eigenvalue weighted by molar-refractivity contribution is 6.02. The number of amides is 2. The summed E-state index contributed by atoms with van der Waals surface area (Å²) in [6, 6.07) is 17.8. The first-order chi connectivity index (χ1) is 14.6. The number of hydrogen-bond acceptors (Lipinski definition) is 7. The maximum atomic E-state index is 12.3. The maximum Gasteiger partial charge on any atom is 0.274 e. The predicted molar refractivity (Wildman–Crippen MR) is 107 cm³/mol. The van der Waals surface area contributed by atoms with E-state index in [4.69, 9.17) is 9.78 Å². The van der Waals surface area contributed by atoms with Gasteiger partial charge < -0.3 is 9.84 Å². The van der Waals surface area contributed by atoms with E-state index in [-0.39, 0.29) is 24.8 Å². The van der Waals surface area contributed by atoms with Crippen molar-refractivity contribution in [1.29, 1.82) is 5.26 Å². The lowest BCUT2D eigenvalue weighted by molar-refractivity contribution is -0.135. The van der Waals surface area contributed by atoms with Crippen molar-refractivity contribution in [1.82, 2.24) is 15.1 Å². The zero-order valence-electron chi connectivity index (χ0n) is 15.8. The topological polar surface area (TPSA) is 124 Å². The van der Waals surface area contributed by atoms with Crippen LogP contribution in [0.4, 0.5) is 5.69 Å². The van der Waals surface area contributed by atoms with Gasteiger partial charge in [-0.05, 0) is 24.3 Å². The number of nitrogens with one attached hydrogen (secondary N) is 1. The Morgan fingerprint density at radius 3 is 2.63 bits per heavy atom. The Bertz CT molecular complexity index is 1150. The molecule has 0 saturated heterocycles. The number of hydrazone groups is 1. The summed E-state index contributed by atoms with van der Waals surface area (Å²) in [5.74, 6) is -0.0285. The number of rotatable bonds is 5. The van der Waals surface area contributed by atoms with Crippen molar-refractivity contribution < 1.29 is 14.1 Å². The van der Waals surface area contributed by atoms with Crippen molar-refractivity contribution in [2.75, 3.05) is 11.9 Å². The number of nitriles is 1. The normalized spacial score (nSPS) is 13.5. The average Bonchev–Trinajstić information content (AvgIpc) is 3.27. The first-order valence-corrected chi connectivity index (χ1v) is 9.20. The van der Waals surface area contributed by atoms with E-state index in [0.717, 1.165) is 10.6 Å². The fourth-order valence-electron chi connectivity index (χ4n) is 2.89. The molecule has 2 heterocycles. The summed E-state index contributed by atoms with van der Waals surface area (Å²) in [7, 11) is 0. The highest BCUT2D eigenvalue weighted by Gasteiger charge is 2.26. The highest BCUT2D eigenvalue weighted by Crippen LogP contribution is 2.19. The predicted octanol–water partition coefficient (Wildman–Crippen LogP) is 2.57. The van der Waals surface area contributed by atoms with E-state index in [9.17, 15) is 9.59 Å². The molecule has 0 unspecified atom stereocenters. The Morgan fingerprint density at radius 1 is 1.13 bits per heavy atom. The number of hydrogen-bond donors (Lipinski definition) is 1. The molecular formula is C21H16N6O3. The van der Waals surface area contributed by atoms with Crippen LogP contribution in [0.1, 0.15) is 24.3 Å². The van der Waals surface area contributed by atoms with Crippen LogP contribution >= 0.6 is 0 Å². The van der Waals surface area contributed by atoms with Gasteiger partial charge in [-0.2, -0.15) is 15.3 Å². The summed E-state index contributed by atoms with van der Waals surface area (Å²) in [5.41, 5.74) is 2.27. The first kappa shape index (κ1) is 19.0. The molecule has 30 heavy (non-hydrogen) atoms. The standard InChI is InChI=1S/C21H16N6O3/c22-12-14-6-8-16(9-7-14)23-18(28)13-27-19(29)11-10-17(25-27)21-24-20(26-30-21)15-4-2-1-3-5-15/h1-9H,10-11,13H2,(H,23,28). The summed E-state index contributed by atoms with van der Waals surface area (Å²) >= 11 is 0. The van der Waals surface area contributed by atoms with Gasteiger partial charge in [0, 0.05) is 24.1 Å². The highest BCUT2D eigenvalue weighted by atomic mass is 16.5. The van der Waals surface area contributed by atoms with Crippen molar-refractivity contribution in [2.24, 2.45) is 5.10 Å². The van der Waals surface area contributed by atoms with Gasteiger partial charge in [0.25, 0.3) is 5.89 Å². The second-order valence-corrected chi connectivity index (χ2v) is 6.52. The molecule has 9 nitrogen and oxygen atoms in total. The first-order valence-electron chi connectivity index (χ1n) is 9.20. The summed E-state index contributed by atoms with van der Waals surface area (Å²) in [6.07, 6.45) is 0.537. The number of benzene rings is 2. The second kappa shape index (κ2) is 8.36. The van der Waals surface area contributed by atoms with Crippen LogP contribution in [0, 0.1) is 11.3 Å². The van der Waals surface area contributed by atoms with Gasteiger partial charge in [-0.1, -0.05) is 35.5 Å². The van der Waals surface area contributed by atoms with Crippen LogP contribution in [0.15, 0.2) is 64.2 Å². The molecule has 0 spiro atoms. The van der Waals surface area contributed by atoms with Gasteiger partial charge in [0.1, 0.15) is 12.3 Å². The SMILES string of the molecule is N#Cc1ccc(NC(=O)CN2N=C(c3nc(-c4ccccc4)no3)CCC2=O)cc1. The molecule has 1 aliphatic heterocycles. The minimum Gasteiger partial charge on any atom is -0.332 e. The Balaban J connectivity index is 1.46. The third-order valence-corrected chi connectivity index (χ3v) is 4.40. The molecule has 0 saturated carbocycles. The maximum absolute atomic E-state index is 12.3. The molecule has 2 amide bonds. The number of aromatic nitrogens is 2. The van der Waals surface area contributed by atoms with Crippen molar-refractivity contribution in [3.05, 3.63) is 66.1 Å². The minimum atomic E-state index is -0.409. The van der Waals surface area contributed by atoms with E-state index in [1.807, 2.05) is 36.4 Å². The van der Waals surface area contributed by atoms with Crippen LogP contribution in [-0.2, 0) is 9.59 Å². The molecule has 0 radical (unpaired) electrons. The van der Waals surface area contributed by atoms with Gasteiger partial charge in [0.05, 0.1) is 11.6 Å². The van der Waals surface area contributed by atoms with Crippen molar-refractivity contribution in [3.63, 3.8) is 0 Å². The van der Waals surface area contributed by atoms with Crippen LogP contribution in [0.25, 0.3) is 11.4 Å². The lowest BCUT2D eigenvalue weighted by Crippen LogP contribution is -2.38. The molecule has 0 bridgehead atoms. The largest absolute Gasteiger partial charge is 0.332 e. The zero-order chi connectivity index (χ0) is 20.9. The van der Waals surface area contributed by atoms with Crippen molar-refractivity contribution in [3.8, 4) is 17.5 Å². The molecule has 3 aromatic rings. The van der Waals surface area contributed by atoms with Gasteiger partial charge in [0.2, 0.25) is 17.6 Å². The monoisotopic (exact) mass is 400 g/mol. The number of carbonyl (C=O) groups excluding carboxylic acids is 2. The molecule has 4 rings (SSSR count). The van der Waals surface area contributed by atoms with Gasteiger partial charge >= 0.3 is 0 Å². The zero-order valence-corrected chi connectivity index (χ0v) is 15.8. The van der Waals surface area contributed by atoms with E-state index in [0.29, 0.717) is 29.2 Å². The lowest BCUT2D eigenvalue weighted by atomic mass is 10.1. The van der Waals surface area contributed by atoms with Crippen LogP contribution in [0.5, 0.6) is 0 Å². The quantitative estimate of drug-likeness (QED) is 0.702. The number of carbonyl (C=O) groups is 2. The fraction of sp³-hybridized carbons (Fsp3) is 0.143. The van der Waals surface area contributed by atoms with Gasteiger partial charge in [-0.3, -0.25) is 9.59 Å². The van der Waals surface area contributed by atoms with Crippen molar-refractivity contribution >= 4 is 23.2 Å². The molecule has 0 atom stereocenters. The molecule has 9 heteroatoms. The Morgan fingerprint density at radius 2 is 1.90 bits per heavy atom. The van der Waals surface area contributed by atoms with Gasteiger partial charge in [-0.25, -0.2) is 5.01 Å². The molecular weight excluding hydrogens is 384 g/mol. The molecule has 148 valence electrons. The van der Waals surface area contributed by atoms with E-state index in [2.05, 4.69) is 20.6 Å². The summed E-state index contributed by atoms with van der Waals surface area (Å²) in [6.45, 7) is -0.248. The van der Waals surface area contributed by atoms with Crippen LogP contribution in [-0.4, -0.2) is 39.2 Å². The second-order valence-electron chi connectivity index (χ2n) is 6.52. The van der Waals surface area contributed by atoms with E-state index >= 15 is 0 Å². The number of anilines is 1. The molecule has 0 fully saturated rings. The van der Waals surface area contributed by atoms with Crippen LogP contribution in [0.2, 0.25) is 0 Å². The van der Waals surface area contributed by atoms with E-state index < -0.39 is 5.91 Å².